The van der Waals surface area contributed by atoms with Gasteiger partial charge in [0.25, 0.3) is 0 Å². The molecule has 0 amide bonds. The Hall–Kier alpha value is -0.0400. The summed E-state index contributed by atoms with van der Waals surface area (Å²) in [4.78, 5) is 0. The fraction of sp³-hybridized carbons (Fsp3) is 1.00. The van der Waals surface area contributed by atoms with E-state index in [9.17, 15) is 0 Å². The number of hydrogen-bond acceptors (Lipinski definition) is 1. The van der Waals surface area contributed by atoms with Crippen LogP contribution >= 0.6 is 0 Å². The summed E-state index contributed by atoms with van der Waals surface area (Å²) in [7, 11) is 0. The summed E-state index contributed by atoms with van der Waals surface area (Å²) in [5, 5.41) is 3.49. The summed E-state index contributed by atoms with van der Waals surface area (Å²) < 4.78 is 0. The lowest BCUT2D eigenvalue weighted by molar-refractivity contribution is 0.422. The SMILES string of the molecule is CCNCC1CC12CCC(CC)C2. The average molecular weight is 181 g/mol. The van der Waals surface area contributed by atoms with Crippen LogP contribution in [0.2, 0.25) is 0 Å². The van der Waals surface area contributed by atoms with Gasteiger partial charge < -0.3 is 5.32 Å². The van der Waals surface area contributed by atoms with Crippen LogP contribution in [0, 0.1) is 17.3 Å². The predicted octanol–water partition coefficient (Wildman–Crippen LogP) is 2.81. The van der Waals surface area contributed by atoms with Crippen molar-refractivity contribution >= 4 is 0 Å². The van der Waals surface area contributed by atoms with Gasteiger partial charge in [0, 0.05) is 0 Å². The molecule has 0 aliphatic heterocycles. The van der Waals surface area contributed by atoms with Crippen molar-refractivity contribution in [2.24, 2.45) is 17.3 Å². The molecule has 2 fully saturated rings. The smallest absolute Gasteiger partial charge is 0.00151 e. The lowest BCUT2D eigenvalue weighted by atomic mass is 9.98. The van der Waals surface area contributed by atoms with E-state index in [-0.39, 0.29) is 0 Å². The van der Waals surface area contributed by atoms with Crippen molar-refractivity contribution in [1.82, 2.24) is 5.32 Å². The highest BCUT2D eigenvalue weighted by atomic mass is 14.9. The molecule has 2 rings (SSSR count). The normalized spacial score (nSPS) is 42.9. The number of nitrogens with one attached hydrogen (secondary N) is 1. The predicted molar refractivity (Wildman–Crippen MR) is 56.7 cm³/mol. The van der Waals surface area contributed by atoms with Crippen LogP contribution in [0.5, 0.6) is 0 Å². The van der Waals surface area contributed by atoms with Gasteiger partial charge in [0.2, 0.25) is 0 Å². The molecule has 76 valence electrons. The van der Waals surface area contributed by atoms with Gasteiger partial charge in [-0.3, -0.25) is 0 Å². The van der Waals surface area contributed by atoms with E-state index in [0.29, 0.717) is 0 Å². The van der Waals surface area contributed by atoms with Crippen LogP contribution in [0.1, 0.15) is 46.0 Å². The second kappa shape index (κ2) is 3.61. The van der Waals surface area contributed by atoms with Crippen molar-refractivity contribution in [1.29, 1.82) is 0 Å². The minimum absolute atomic E-state index is 0.822. The molecule has 0 saturated heterocycles. The van der Waals surface area contributed by atoms with Gasteiger partial charge >= 0.3 is 0 Å². The molecule has 0 aromatic heterocycles. The van der Waals surface area contributed by atoms with Crippen molar-refractivity contribution in [3.05, 3.63) is 0 Å². The quantitative estimate of drug-likeness (QED) is 0.703. The monoisotopic (exact) mass is 181 g/mol. The Morgan fingerprint density at radius 1 is 1.31 bits per heavy atom. The zero-order chi connectivity index (χ0) is 9.31. The Balaban J connectivity index is 1.77. The first-order valence-corrected chi connectivity index (χ1v) is 6.01. The van der Waals surface area contributed by atoms with E-state index in [1.54, 1.807) is 6.42 Å². The molecular weight excluding hydrogens is 158 g/mol. The van der Waals surface area contributed by atoms with Crippen molar-refractivity contribution in [3.8, 4) is 0 Å². The molecule has 3 atom stereocenters. The third-order valence-electron chi connectivity index (χ3n) is 4.32. The maximum absolute atomic E-state index is 3.49. The van der Waals surface area contributed by atoms with Crippen LogP contribution < -0.4 is 5.32 Å². The average Bonchev–Trinajstić information content (AvgIpc) is 2.62. The highest BCUT2D eigenvalue weighted by Crippen LogP contribution is 2.64. The first-order valence-electron chi connectivity index (χ1n) is 6.01. The zero-order valence-electron chi connectivity index (χ0n) is 9.10. The first kappa shape index (κ1) is 9.51. The van der Waals surface area contributed by atoms with Crippen LogP contribution in [0.4, 0.5) is 0 Å². The Morgan fingerprint density at radius 3 is 2.77 bits per heavy atom. The van der Waals surface area contributed by atoms with Gasteiger partial charge in [0.1, 0.15) is 0 Å². The van der Waals surface area contributed by atoms with E-state index < -0.39 is 0 Å². The van der Waals surface area contributed by atoms with Gasteiger partial charge in [-0.25, -0.2) is 0 Å². The molecule has 1 nitrogen and oxygen atoms in total. The van der Waals surface area contributed by atoms with Crippen LogP contribution in [-0.4, -0.2) is 13.1 Å². The topological polar surface area (TPSA) is 12.0 Å². The fourth-order valence-corrected chi connectivity index (χ4v) is 3.21. The second-order valence-corrected chi connectivity index (χ2v) is 5.09. The van der Waals surface area contributed by atoms with Gasteiger partial charge in [0.05, 0.1) is 0 Å². The summed E-state index contributed by atoms with van der Waals surface area (Å²) in [6.07, 6.45) is 7.52. The highest BCUT2D eigenvalue weighted by Gasteiger charge is 2.56. The lowest BCUT2D eigenvalue weighted by Gasteiger charge is -2.09. The molecule has 0 radical (unpaired) electrons. The van der Waals surface area contributed by atoms with Gasteiger partial charge in [0.15, 0.2) is 0 Å². The van der Waals surface area contributed by atoms with Crippen molar-refractivity contribution in [3.63, 3.8) is 0 Å². The minimum Gasteiger partial charge on any atom is -0.317 e. The van der Waals surface area contributed by atoms with Gasteiger partial charge in [-0.1, -0.05) is 20.3 Å². The third-order valence-corrected chi connectivity index (χ3v) is 4.32. The fourth-order valence-electron chi connectivity index (χ4n) is 3.21. The molecule has 0 bridgehead atoms. The van der Waals surface area contributed by atoms with E-state index in [0.717, 1.165) is 23.8 Å². The van der Waals surface area contributed by atoms with Crippen LogP contribution in [0.25, 0.3) is 0 Å². The molecule has 2 aliphatic carbocycles. The molecular formula is C12H23N. The summed E-state index contributed by atoms with van der Waals surface area (Å²) >= 11 is 0. The van der Waals surface area contributed by atoms with Gasteiger partial charge in [-0.15, -0.1) is 0 Å². The van der Waals surface area contributed by atoms with Gasteiger partial charge in [-0.05, 0) is 56.0 Å². The summed E-state index contributed by atoms with van der Waals surface area (Å²) in [6, 6.07) is 0. The molecule has 1 spiro atoms. The maximum atomic E-state index is 3.49. The Morgan fingerprint density at radius 2 is 2.15 bits per heavy atom. The molecule has 0 heterocycles. The molecule has 0 aromatic carbocycles. The second-order valence-electron chi connectivity index (χ2n) is 5.09. The van der Waals surface area contributed by atoms with Crippen LogP contribution in [-0.2, 0) is 0 Å². The molecule has 13 heavy (non-hydrogen) atoms. The minimum atomic E-state index is 0.822. The van der Waals surface area contributed by atoms with Crippen LogP contribution in [0.15, 0.2) is 0 Å². The Bertz CT molecular complexity index is 178. The largest absolute Gasteiger partial charge is 0.317 e. The van der Waals surface area contributed by atoms with Crippen LogP contribution in [0.3, 0.4) is 0 Å². The van der Waals surface area contributed by atoms with E-state index in [2.05, 4.69) is 19.2 Å². The standard InChI is InChI=1S/C12H23N/c1-3-10-5-6-12(7-10)8-11(12)9-13-4-2/h10-11,13H,3-9H2,1-2H3. The molecule has 0 aromatic rings. The Kier molecular flexibility index (Phi) is 2.64. The maximum Gasteiger partial charge on any atom is -0.00151 e. The van der Waals surface area contributed by atoms with E-state index in [1.807, 2.05) is 0 Å². The number of rotatable bonds is 4. The summed E-state index contributed by atoms with van der Waals surface area (Å²) in [6.45, 7) is 6.99. The van der Waals surface area contributed by atoms with E-state index >= 15 is 0 Å². The van der Waals surface area contributed by atoms with Crippen molar-refractivity contribution in [2.45, 2.75) is 46.0 Å². The zero-order valence-corrected chi connectivity index (χ0v) is 9.10. The molecule has 2 saturated carbocycles. The van der Waals surface area contributed by atoms with E-state index in [4.69, 9.17) is 0 Å². The first-order chi connectivity index (χ1) is 6.30. The number of hydrogen-bond donors (Lipinski definition) is 1. The van der Waals surface area contributed by atoms with Crippen molar-refractivity contribution < 1.29 is 0 Å². The van der Waals surface area contributed by atoms with Crippen molar-refractivity contribution in [2.75, 3.05) is 13.1 Å². The molecule has 2 aliphatic rings. The van der Waals surface area contributed by atoms with Gasteiger partial charge in [-0.2, -0.15) is 0 Å². The molecule has 1 N–H and O–H groups in total. The summed E-state index contributed by atoms with van der Waals surface area (Å²) in [5.74, 6) is 2.09. The highest BCUT2D eigenvalue weighted by molar-refractivity contribution is 5.07. The molecule has 1 heteroatoms. The van der Waals surface area contributed by atoms with E-state index in [1.165, 1.54) is 32.2 Å². The third kappa shape index (κ3) is 1.76. The lowest BCUT2D eigenvalue weighted by Crippen LogP contribution is -2.18. The Labute approximate surface area is 82.3 Å². The summed E-state index contributed by atoms with van der Waals surface area (Å²) in [5.41, 5.74) is 0.822. The molecule has 3 unspecified atom stereocenters.